The van der Waals surface area contributed by atoms with Crippen LogP contribution in [-0.2, 0) is 20.9 Å². The van der Waals surface area contributed by atoms with Gasteiger partial charge in [-0.05, 0) is 19.5 Å². The van der Waals surface area contributed by atoms with E-state index in [0.717, 1.165) is 18.7 Å². The van der Waals surface area contributed by atoms with Gasteiger partial charge < -0.3 is 14.4 Å². The molecule has 0 aromatic heterocycles. The maximum absolute atomic E-state index is 11.9. The number of rotatable bonds is 9. The summed E-state index contributed by atoms with van der Waals surface area (Å²) in [6, 6.07) is 9.72. The molecule has 1 unspecified atom stereocenters. The van der Waals surface area contributed by atoms with Crippen molar-refractivity contribution in [1.29, 1.82) is 0 Å². The number of hydrogen-bond donors (Lipinski definition) is 0. The fourth-order valence-corrected chi connectivity index (χ4v) is 1.87. The first kappa shape index (κ1) is 16.7. The van der Waals surface area contributed by atoms with Gasteiger partial charge in [-0.3, -0.25) is 4.79 Å². The lowest BCUT2D eigenvalue weighted by Crippen LogP contribution is -2.32. The Morgan fingerprint density at radius 1 is 1.30 bits per heavy atom. The van der Waals surface area contributed by atoms with Crippen LogP contribution in [0.5, 0.6) is 0 Å². The van der Waals surface area contributed by atoms with E-state index in [-0.39, 0.29) is 11.9 Å². The molecule has 0 radical (unpaired) electrons. The zero-order valence-corrected chi connectivity index (χ0v) is 12.7. The standard InChI is InChI=1S/C16H25NO3/c1-4-19-11-10-17(3)12-14(2)16(18)20-13-15-8-6-5-7-9-15/h5-9,14H,4,10-13H2,1-3H3. The molecule has 0 N–H and O–H groups in total. The molecule has 0 saturated heterocycles. The second kappa shape index (κ2) is 9.50. The van der Waals surface area contributed by atoms with Crippen LogP contribution < -0.4 is 0 Å². The molecule has 112 valence electrons. The third-order valence-corrected chi connectivity index (χ3v) is 3.03. The third-order valence-electron chi connectivity index (χ3n) is 3.03. The van der Waals surface area contributed by atoms with Gasteiger partial charge >= 0.3 is 5.97 Å². The highest BCUT2D eigenvalue weighted by atomic mass is 16.5. The van der Waals surface area contributed by atoms with Gasteiger partial charge in [-0.15, -0.1) is 0 Å². The molecule has 0 aliphatic rings. The highest BCUT2D eigenvalue weighted by Crippen LogP contribution is 2.06. The Kier molecular flexibility index (Phi) is 7.92. The molecule has 4 nitrogen and oxygen atoms in total. The first-order valence-corrected chi connectivity index (χ1v) is 7.10. The van der Waals surface area contributed by atoms with E-state index in [1.165, 1.54) is 0 Å². The molecule has 0 heterocycles. The zero-order chi connectivity index (χ0) is 14.8. The lowest BCUT2D eigenvalue weighted by Gasteiger charge is -2.20. The Labute approximate surface area is 121 Å². The SMILES string of the molecule is CCOCCN(C)CC(C)C(=O)OCc1ccccc1. The number of ether oxygens (including phenoxy) is 2. The van der Waals surface area contributed by atoms with Gasteiger partial charge in [0.25, 0.3) is 0 Å². The fourth-order valence-electron chi connectivity index (χ4n) is 1.87. The summed E-state index contributed by atoms with van der Waals surface area (Å²) >= 11 is 0. The van der Waals surface area contributed by atoms with E-state index in [1.54, 1.807) is 0 Å². The fraction of sp³-hybridized carbons (Fsp3) is 0.562. The number of hydrogen-bond acceptors (Lipinski definition) is 4. The van der Waals surface area contributed by atoms with E-state index in [9.17, 15) is 4.79 Å². The van der Waals surface area contributed by atoms with Gasteiger partial charge in [0, 0.05) is 19.7 Å². The van der Waals surface area contributed by atoms with Gasteiger partial charge in [0.2, 0.25) is 0 Å². The predicted octanol–water partition coefficient (Wildman–Crippen LogP) is 2.33. The van der Waals surface area contributed by atoms with Crippen LogP contribution in [0, 0.1) is 5.92 Å². The Morgan fingerprint density at radius 3 is 2.65 bits per heavy atom. The minimum absolute atomic E-state index is 0.134. The molecule has 0 spiro atoms. The third kappa shape index (κ3) is 6.68. The molecule has 0 fully saturated rings. The van der Waals surface area contributed by atoms with E-state index in [1.807, 2.05) is 51.2 Å². The van der Waals surface area contributed by atoms with Crippen molar-refractivity contribution in [2.45, 2.75) is 20.5 Å². The minimum Gasteiger partial charge on any atom is -0.461 e. The second-order valence-electron chi connectivity index (χ2n) is 4.95. The van der Waals surface area contributed by atoms with E-state index >= 15 is 0 Å². The molecular formula is C16H25NO3. The molecule has 0 saturated carbocycles. The maximum atomic E-state index is 11.9. The lowest BCUT2D eigenvalue weighted by molar-refractivity contribution is -0.149. The highest BCUT2D eigenvalue weighted by molar-refractivity contribution is 5.72. The minimum atomic E-state index is -0.155. The van der Waals surface area contributed by atoms with Crippen LogP contribution in [0.3, 0.4) is 0 Å². The average molecular weight is 279 g/mol. The van der Waals surface area contributed by atoms with Crippen molar-refractivity contribution in [3.8, 4) is 0 Å². The van der Waals surface area contributed by atoms with Gasteiger partial charge in [-0.25, -0.2) is 0 Å². The summed E-state index contributed by atoms with van der Waals surface area (Å²) in [7, 11) is 1.99. The average Bonchev–Trinajstić information content (AvgIpc) is 2.46. The number of carbonyl (C=O) groups is 1. The van der Waals surface area contributed by atoms with Crippen LogP contribution in [0.15, 0.2) is 30.3 Å². The molecule has 0 aliphatic heterocycles. The summed E-state index contributed by atoms with van der Waals surface area (Å²) in [5, 5.41) is 0. The number of nitrogens with zero attached hydrogens (tertiary/aromatic N) is 1. The van der Waals surface area contributed by atoms with Crippen LogP contribution >= 0.6 is 0 Å². The van der Waals surface area contributed by atoms with E-state index in [4.69, 9.17) is 9.47 Å². The first-order valence-electron chi connectivity index (χ1n) is 7.10. The molecule has 4 heteroatoms. The predicted molar refractivity (Wildman–Crippen MR) is 79.4 cm³/mol. The number of esters is 1. The molecule has 1 aromatic rings. The van der Waals surface area contributed by atoms with Crippen molar-refractivity contribution in [2.24, 2.45) is 5.92 Å². The van der Waals surface area contributed by atoms with Gasteiger partial charge in [0.05, 0.1) is 12.5 Å². The van der Waals surface area contributed by atoms with E-state index < -0.39 is 0 Å². The van der Waals surface area contributed by atoms with Crippen LogP contribution in [0.1, 0.15) is 19.4 Å². The molecule has 0 aliphatic carbocycles. The Bertz CT molecular complexity index is 381. The van der Waals surface area contributed by atoms with Crippen LogP contribution in [0.2, 0.25) is 0 Å². The second-order valence-corrected chi connectivity index (χ2v) is 4.95. The largest absolute Gasteiger partial charge is 0.461 e. The normalized spacial score (nSPS) is 12.4. The maximum Gasteiger partial charge on any atom is 0.310 e. The molecule has 0 bridgehead atoms. The Balaban J connectivity index is 2.25. The van der Waals surface area contributed by atoms with Crippen molar-refractivity contribution in [3.05, 3.63) is 35.9 Å². The van der Waals surface area contributed by atoms with Gasteiger partial charge in [0.15, 0.2) is 0 Å². The highest BCUT2D eigenvalue weighted by Gasteiger charge is 2.16. The van der Waals surface area contributed by atoms with Crippen molar-refractivity contribution < 1.29 is 14.3 Å². The molecule has 0 amide bonds. The molecule has 20 heavy (non-hydrogen) atoms. The lowest BCUT2D eigenvalue weighted by atomic mass is 10.1. The first-order chi connectivity index (χ1) is 9.63. The molecule has 1 rings (SSSR count). The summed E-state index contributed by atoms with van der Waals surface area (Å²) in [6.45, 7) is 7.13. The van der Waals surface area contributed by atoms with Gasteiger partial charge in [0.1, 0.15) is 6.61 Å². The number of likely N-dealkylation sites (N-methyl/N-ethyl adjacent to an activating group) is 1. The van der Waals surface area contributed by atoms with E-state index in [2.05, 4.69) is 4.90 Å². The summed E-state index contributed by atoms with van der Waals surface area (Å²) in [6.07, 6.45) is 0. The smallest absolute Gasteiger partial charge is 0.310 e. The molecular weight excluding hydrogens is 254 g/mol. The van der Waals surface area contributed by atoms with Crippen molar-refractivity contribution in [3.63, 3.8) is 0 Å². The molecule has 1 atom stereocenters. The molecule has 1 aromatic carbocycles. The summed E-state index contributed by atoms with van der Waals surface area (Å²) < 4.78 is 10.6. The number of carbonyl (C=O) groups excluding carboxylic acids is 1. The zero-order valence-electron chi connectivity index (χ0n) is 12.7. The van der Waals surface area contributed by atoms with Crippen LogP contribution in [-0.4, -0.2) is 44.2 Å². The monoisotopic (exact) mass is 279 g/mol. The topological polar surface area (TPSA) is 38.8 Å². The van der Waals surface area contributed by atoms with Crippen LogP contribution in [0.25, 0.3) is 0 Å². The Hall–Kier alpha value is -1.39. The van der Waals surface area contributed by atoms with Crippen molar-refractivity contribution >= 4 is 5.97 Å². The van der Waals surface area contributed by atoms with Crippen molar-refractivity contribution in [2.75, 3.05) is 33.4 Å². The summed E-state index contributed by atoms with van der Waals surface area (Å²) in [5.41, 5.74) is 1.01. The number of benzene rings is 1. The van der Waals surface area contributed by atoms with Gasteiger partial charge in [-0.2, -0.15) is 0 Å². The summed E-state index contributed by atoms with van der Waals surface area (Å²) in [5.74, 6) is -0.289. The van der Waals surface area contributed by atoms with Crippen molar-refractivity contribution in [1.82, 2.24) is 4.90 Å². The summed E-state index contributed by atoms with van der Waals surface area (Å²) in [4.78, 5) is 14.0. The van der Waals surface area contributed by atoms with E-state index in [0.29, 0.717) is 19.8 Å². The van der Waals surface area contributed by atoms with Crippen LogP contribution in [0.4, 0.5) is 0 Å². The van der Waals surface area contributed by atoms with Gasteiger partial charge in [-0.1, -0.05) is 37.3 Å². The quantitative estimate of drug-likeness (QED) is 0.514. The Morgan fingerprint density at radius 2 is 2.00 bits per heavy atom.